The number of rotatable bonds is 2. The van der Waals surface area contributed by atoms with Crippen LogP contribution >= 0.6 is 0 Å². The van der Waals surface area contributed by atoms with Gasteiger partial charge in [-0.2, -0.15) is 13.2 Å². The molecular formula is C22H26F3N3O2. The number of anilines is 1. The summed E-state index contributed by atoms with van der Waals surface area (Å²) >= 11 is 0. The number of alkyl halides is 3. The van der Waals surface area contributed by atoms with Gasteiger partial charge in [0.15, 0.2) is 0 Å². The smallest absolute Gasteiger partial charge is 0.391 e. The summed E-state index contributed by atoms with van der Waals surface area (Å²) in [4.78, 5) is 8.58. The summed E-state index contributed by atoms with van der Waals surface area (Å²) in [7, 11) is 0. The number of hydrogen-bond donors (Lipinski definition) is 1. The highest BCUT2D eigenvalue weighted by Gasteiger charge is 2.44. The van der Waals surface area contributed by atoms with E-state index >= 15 is 0 Å². The summed E-state index contributed by atoms with van der Waals surface area (Å²) in [6, 6.07) is 6.22. The largest absolute Gasteiger partial charge is 0.418 e. The van der Waals surface area contributed by atoms with Gasteiger partial charge in [-0.3, -0.25) is 9.88 Å². The molecule has 1 N–H and O–H groups in total. The minimum Gasteiger partial charge on any atom is -0.391 e. The molecule has 1 saturated carbocycles. The van der Waals surface area contributed by atoms with Gasteiger partial charge < -0.3 is 14.7 Å². The number of aromatic nitrogens is 1. The molecule has 1 aromatic heterocycles. The second kappa shape index (κ2) is 7.66. The zero-order chi connectivity index (χ0) is 20.9. The monoisotopic (exact) mass is 421 g/mol. The summed E-state index contributed by atoms with van der Waals surface area (Å²) in [5.41, 5.74) is 0.114. The topological polar surface area (TPSA) is 48.8 Å². The number of morpholine rings is 1. The van der Waals surface area contributed by atoms with E-state index in [0.717, 1.165) is 50.8 Å². The fourth-order valence-corrected chi connectivity index (χ4v) is 5.57. The number of para-hydroxylation sites is 1. The van der Waals surface area contributed by atoms with Gasteiger partial charge in [0, 0.05) is 49.5 Å². The molecular weight excluding hydrogens is 395 g/mol. The minimum absolute atomic E-state index is 0.00333. The third-order valence-corrected chi connectivity index (χ3v) is 7.02. The van der Waals surface area contributed by atoms with Crippen LogP contribution in [0.4, 0.5) is 18.9 Å². The summed E-state index contributed by atoms with van der Waals surface area (Å²) in [6.45, 7) is 4.65. The molecule has 1 aliphatic carbocycles. The normalized spacial score (nSPS) is 30.6. The minimum atomic E-state index is -4.43. The lowest BCUT2D eigenvalue weighted by molar-refractivity contribution is -0.136. The Morgan fingerprint density at radius 2 is 1.77 bits per heavy atom. The molecule has 3 heterocycles. The Hall–Kier alpha value is -1.90. The van der Waals surface area contributed by atoms with Crippen molar-refractivity contribution in [3.05, 3.63) is 36.0 Å². The van der Waals surface area contributed by atoms with E-state index in [-0.39, 0.29) is 17.7 Å². The van der Waals surface area contributed by atoms with Gasteiger partial charge in [-0.25, -0.2) is 0 Å². The molecule has 3 aliphatic rings. The first-order chi connectivity index (χ1) is 14.4. The maximum absolute atomic E-state index is 13.4. The van der Waals surface area contributed by atoms with Gasteiger partial charge in [-0.15, -0.1) is 0 Å². The van der Waals surface area contributed by atoms with Gasteiger partial charge in [-0.1, -0.05) is 12.1 Å². The number of hydrogen-bond acceptors (Lipinski definition) is 5. The number of pyridine rings is 1. The van der Waals surface area contributed by atoms with Crippen LogP contribution < -0.4 is 4.90 Å². The number of nitrogens with zero attached hydrogens (tertiary/aromatic N) is 3. The molecule has 8 heteroatoms. The van der Waals surface area contributed by atoms with Crippen LogP contribution in [0.2, 0.25) is 0 Å². The highest BCUT2D eigenvalue weighted by molar-refractivity contribution is 5.93. The van der Waals surface area contributed by atoms with E-state index in [1.807, 2.05) is 6.07 Å². The second-order valence-electron chi connectivity index (χ2n) is 8.71. The van der Waals surface area contributed by atoms with Gasteiger partial charge in [0.1, 0.15) is 0 Å². The summed E-state index contributed by atoms with van der Waals surface area (Å²) < 4.78 is 45.8. The Labute approximate surface area is 173 Å². The number of aliphatic hydroxyl groups excluding tert-OH is 1. The van der Waals surface area contributed by atoms with Crippen molar-refractivity contribution in [1.29, 1.82) is 0 Å². The number of aliphatic hydroxyl groups is 1. The van der Waals surface area contributed by atoms with Crippen molar-refractivity contribution in [2.75, 3.05) is 44.3 Å². The predicted molar refractivity (Wildman–Crippen MR) is 107 cm³/mol. The SMILES string of the molecule is O[C@@H]1C[C@H]2CN(c3ccnc4c(C(F)(F)F)cccc34)C[C@H]2C[C@H]1N1CCOCC1. The molecule has 0 spiro atoms. The average molecular weight is 421 g/mol. The standard InChI is InChI=1S/C22H26F3N3O2/c23-22(24,25)17-3-1-2-16-18(4-5-26-21(16)17)28-12-14-10-19(20(29)11-15(14)13-28)27-6-8-30-9-7-27/h1-5,14-15,19-20,29H,6-13H2/t14-,15+,19-,20-/m1/s1. The maximum Gasteiger partial charge on any atom is 0.418 e. The van der Waals surface area contributed by atoms with Crippen molar-refractivity contribution >= 4 is 16.6 Å². The van der Waals surface area contributed by atoms with Crippen molar-refractivity contribution in [1.82, 2.24) is 9.88 Å². The van der Waals surface area contributed by atoms with Crippen LogP contribution in [0, 0.1) is 11.8 Å². The van der Waals surface area contributed by atoms with Crippen molar-refractivity contribution in [3.8, 4) is 0 Å². The van der Waals surface area contributed by atoms with Crippen LogP contribution in [0.1, 0.15) is 18.4 Å². The van der Waals surface area contributed by atoms with E-state index < -0.39 is 11.7 Å². The quantitative estimate of drug-likeness (QED) is 0.807. The lowest BCUT2D eigenvalue weighted by Crippen LogP contribution is -2.53. The van der Waals surface area contributed by atoms with Gasteiger partial charge in [0.2, 0.25) is 0 Å². The molecule has 0 radical (unpaired) electrons. The van der Waals surface area contributed by atoms with Crippen molar-refractivity contribution in [2.24, 2.45) is 11.8 Å². The van der Waals surface area contributed by atoms with E-state index in [9.17, 15) is 18.3 Å². The van der Waals surface area contributed by atoms with Crippen LogP contribution in [-0.4, -0.2) is 66.5 Å². The van der Waals surface area contributed by atoms with Crippen molar-refractivity contribution < 1.29 is 23.0 Å². The van der Waals surface area contributed by atoms with E-state index in [1.165, 1.54) is 12.3 Å². The van der Waals surface area contributed by atoms with Crippen LogP contribution in [0.15, 0.2) is 30.5 Å². The van der Waals surface area contributed by atoms with Gasteiger partial charge in [0.05, 0.1) is 30.4 Å². The maximum atomic E-state index is 13.4. The zero-order valence-electron chi connectivity index (χ0n) is 16.7. The molecule has 2 aromatic rings. The number of benzene rings is 1. The number of halogens is 3. The van der Waals surface area contributed by atoms with Crippen molar-refractivity contribution in [2.45, 2.75) is 31.2 Å². The lowest BCUT2D eigenvalue weighted by atomic mass is 9.77. The van der Waals surface area contributed by atoms with Gasteiger partial charge in [0.25, 0.3) is 0 Å². The van der Waals surface area contributed by atoms with Crippen LogP contribution in [0.5, 0.6) is 0 Å². The van der Waals surface area contributed by atoms with E-state index in [1.54, 1.807) is 6.07 Å². The lowest BCUT2D eigenvalue weighted by Gasteiger charge is -2.43. The highest BCUT2D eigenvalue weighted by atomic mass is 19.4. The molecule has 0 amide bonds. The Bertz CT molecular complexity index is 916. The average Bonchev–Trinajstić information content (AvgIpc) is 3.14. The first-order valence-corrected chi connectivity index (χ1v) is 10.6. The molecule has 4 atom stereocenters. The second-order valence-corrected chi connectivity index (χ2v) is 8.71. The molecule has 30 heavy (non-hydrogen) atoms. The molecule has 2 aliphatic heterocycles. The summed E-state index contributed by atoms with van der Waals surface area (Å²) in [6.07, 6.45) is -1.67. The fourth-order valence-electron chi connectivity index (χ4n) is 5.57. The molecule has 0 bridgehead atoms. The fraction of sp³-hybridized carbons (Fsp3) is 0.591. The summed E-state index contributed by atoms with van der Waals surface area (Å²) in [5.74, 6) is 0.779. The first-order valence-electron chi connectivity index (χ1n) is 10.6. The zero-order valence-corrected chi connectivity index (χ0v) is 16.7. The summed E-state index contributed by atoms with van der Waals surface area (Å²) in [5, 5.41) is 11.3. The van der Waals surface area contributed by atoms with Crippen molar-refractivity contribution in [3.63, 3.8) is 0 Å². The van der Waals surface area contributed by atoms with Crippen LogP contribution in [0.3, 0.4) is 0 Å². The molecule has 0 unspecified atom stereocenters. The molecule has 5 rings (SSSR count). The molecule has 3 fully saturated rings. The number of ether oxygens (including phenoxy) is 1. The Morgan fingerprint density at radius 3 is 2.50 bits per heavy atom. The highest BCUT2D eigenvalue weighted by Crippen LogP contribution is 2.42. The molecule has 1 aromatic carbocycles. The predicted octanol–water partition coefficient (Wildman–Crippen LogP) is 3.16. The third-order valence-electron chi connectivity index (χ3n) is 7.02. The first kappa shape index (κ1) is 20.0. The van der Waals surface area contributed by atoms with Gasteiger partial charge in [-0.05, 0) is 36.8 Å². The number of fused-ring (bicyclic) bond motifs is 2. The van der Waals surface area contributed by atoms with Crippen LogP contribution in [0.25, 0.3) is 10.9 Å². The Morgan fingerprint density at radius 1 is 1.03 bits per heavy atom. The van der Waals surface area contributed by atoms with Crippen LogP contribution in [-0.2, 0) is 10.9 Å². The Kier molecular flexibility index (Phi) is 5.11. The van der Waals surface area contributed by atoms with E-state index in [2.05, 4.69) is 14.8 Å². The molecule has 162 valence electrons. The van der Waals surface area contributed by atoms with E-state index in [0.29, 0.717) is 30.4 Å². The van der Waals surface area contributed by atoms with Gasteiger partial charge >= 0.3 is 6.18 Å². The Balaban J connectivity index is 1.40. The third kappa shape index (κ3) is 3.55. The van der Waals surface area contributed by atoms with E-state index in [4.69, 9.17) is 4.74 Å². The molecule has 5 nitrogen and oxygen atoms in total. The molecule has 2 saturated heterocycles.